The molecule has 3 aromatic rings. The SMILES string of the molecule is C[C@H](Sc1nnc(-c2ccccc2)o1)C(=O)c1ccc(Cl)cc1. The molecule has 0 saturated heterocycles. The van der Waals surface area contributed by atoms with Gasteiger partial charge < -0.3 is 4.42 Å². The number of hydrogen-bond donors (Lipinski definition) is 0. The molecule has 23 heavy (non-hydrogen) atoms. The molecule has 0 amide bonds. The molecule has 116 valence electrons. The minimum absolute atomic E-state index is 0.00822. The van der Waals surface area contributed by atoms with Gasteiger partial charge in [0.1, 0.15) is 0 Å². The zero-order valence-corrected chi connectivity index (χ0v) is 13.8. The fraction of sp³-hybridized carbons (Fsp3) is 0.118. The molecule has 0 spiro atoms. The van der Waals surface area contributed by atoms with Crippen molar-refractivity contribution in [1.82, 2.24) is 10.2 Å². The molecule has 0 unspecified atom stereocenters. The number of nitrogens with zero attached hydrogens (tertiary/aromatic N) is 2. The smallest absolute Gasteiger partial charge is 0.277 e. The lowest BCUT2D eigenvalue weighted by Crippen LogP contribution is -2.13. The summed E-state index contributed by atoms with van der Waals surface area (Å²) in [5.41, 5.74) is 1.46. The highest BCUT2D eigenvalue weighted by molar-refractivity contribution is 8.00. The van der Waals surface area contributed by atoms with Crippen LogP contribution in [0.25, 0.3) is 11.5 Å². The van der Waals surface area contributed by atoms with E-state index in [2.05, 4.69) is 10.2 Å². The summed E-state index contributed by atoms with van der Waals surface area (Å²) in [5.74, 6) is 0.436. The average molecular weight is 345 g/mol. The minimum Gasteiger partial charge on any atom is -0.411 e. The van der Waals surface area contributed by atoms with Crippen LogP contribution in [-0.4, -0.2) is 21.2 Å². The first-order valence-electron chi connectivity index (χ1n) is 6.99. The molecule has 2 aromatic carbocycles. The summed E-state index contributed by atoms with van der Waals surface area (Å²) in [6.45, 7) is 1.81. The predicted octanol–water partition coefficient (Wildman–Crippen LogP) is 4.75. The second kappa shape index (κ2) is 6.98. The van der Waals surface area contributed by atoms with Gasteiger partial charge in [-0.3, -0.25) is 4.79 Å². The monoisotopic (exact) mass is 344 g/mol. The van der Waals surface area contributed by atoms with E-state index in [-0.39, 0.29) is 11.0 Å². The molecule has 0 N–H and O–H groups in total. The van der Waals surface area contributed by atoms with Crippen LogP contribution in [0, 0.1) is 0 Å². The maximum absolute atomic E-state index is 12.4. The van der Waals surface area contributed by atoms with Crippen molar-refractivity contribution in [3.8, 4) is 11.5 Å². The summed E-state index contributed by atoms with van der Waals surface area (Å²) in [6, 6.07) is 16.3. The van der Waals surface area contributed by atoms with Crippen molar-refractivity contribution >= 4 is 29.1 Å². The average Bonchev–Trinajstić information content (AvgIpc) is 3.04. The van der Waals surface area contributed by atoms with Crippen LogP contribution >= 0.6 is 23.4 Å². The number of aromatic nitrogens is 2. The zero-order chi connectivity index (χ0) is 16.2. The Morgan fingerprint density at radius 2 is 1.78 bits per heavy atom. The molecular weight excluding hydrogens is 332 g/mol. The number of ketones is 1. The van der Waals surface area contributed by atoms with Crippen molar-refractivity contribution in [2.45, 2.75) is 17.4 Å². The number of halogens is 1. The van der Waals surface area contributed by atoms with Crippen LogP contribution in [-0.2, 0) is 0 Å². The molecule has 6 heteroatoms. The first-order valence-corrected chi connectivity index (χ1v) is 8.24. The molecule has 0 fully saturated rings. The lowest BCUT2D eigenvalue weighted by atomic mass is 10.1. The van der Waals surface area contributed by atoms with Crippen LogP contribution in [0.15, 0.2) is 64.2 Å². The van der Waals surface area contributed by atoms with Crippen molar-refractivity contribution in [3.63, 3.8) is 0 Å². The maximum Gasteiger partial charge on any atom is 0.277 e. The van der Waals surface area contributed by atoms with E-state index in [1.54, 1.807) is 24.3 Å². The van der Waals surface area contributed by atoms with Crippen LogP contribution in [0.3, 0.4) is 0 Å². The normalized spacial score (nSPS) is 12.1. The summed E-state index contributed by atoms with van der Waals surface area (Å²) in [5, 5.41) is 8.66. The minimum atomic E-state index is -0.333. The number of hydrogen-bond acceptors (Lipinski definition) is 5. The number of thioether (sulfide) groups is 1. The molecule has 4 nitrogen and oxygen atoms in total. The number of carbonyl (C=O) groups excluding carboxylic acids is 1. The van der Waals surface area contributed by atoms with E-state index >= 15 is 0 Å². The predicted molar refractivity (Wildman–Crippen MR) is 90.8 cm³/mol. The fourth-order valence-corrected chi connectivity index (χ4v) is 2.89. The molecule has 0 bridgehead atoms. The Balaban J connectivity index is 1.71. The van der Waals surface area contributed by atoms with Gasteiger partial charge in [0, 0.05) is 16.1 Å². The Labute approximate surface area is 142 Å². The topological polar surface area (TPSA) is 56.0 Å². The third-order valence-corrected chi connectivity index (χ3v) is 4.39. The van der Waals surface area contributed by atoms with Gasteiger partial charge in [-0.15, -0.1) is 10.2 Å². The van der Waals surface area contributed by atoms with Gasteiger partial charge in [0.05, 0.1) is 5.25 Å². The summed E-state index contributed by atoms with van der Waals surface area (Å²) in [7, 11) is 0. The summed E-state index contributed by atoms with van der Waals surface area (Å²) in [6.07, 6.45) is 0. The van der Waals surface area contributed by atoms with Crippen molar-refractivity contribution in [1.29, 1.82) is 0 Å². The highest BCUT2D eigenvalue weighted by Crippen LogP contribution is 2.27. The Bertz CT molecular complexity index is 803. The van der Waals surface area contributed by atoms with Crippen molar-refractivity contribution in [2.24, 2.45) is 0 Å². The molecule has 0 aliphatic rings. The highest BCUT2D eigenvalue weighted by atomic mass is 35.5. The number of Topliss-reactive ketones (excluding diaryl/α,β-unsaturated/α-hetero) is 1. The van der Waals surface area contributed by atoms with E-state index in [0.29, 0.717) is 21.7 Å². The van der Waals surface area contributed by atoms with Gasteiger partial charge in [-0.05, 0) is 43.3 Å². The van der Waals surface area contributed by atoms with Gasteiger partial charge in [-0.2, -0.15) is 0 Å². The molecule has 0 aliphatic carbocycles. The molecule has 1 aromatic heterocycles. The summed E-state index contributed by atoms with van der Waals surface area (Å²) >= 11 is 7.08. The van der Waals surface area contributed by atoms with E-state index < -0.39 is 0 Å². The Hall–Kier alpha value is -2.11. The van der Waals surface area contributed by atoms with E-state index in [1.807, 2.05) is 37.3 Å². The summed E-state index contributed by atoms with van der Waals surface area (Å²) < 4.78 is 5.61. The number of carbonyl (C=O) groups is 1. The fourth-order valence-electron chi connectivity index (χ4n) is 2.01. The second-order valence-corrected chi connectivity index (χ2v) is 6.60. The largest absolute Gasteiger partial charge is 0.411 e. The lowest BCUT2D eigenvalue weighted by molar-refractivity contribution is 0.0993. The first kappa shape index (κ1) is 15.8. The number of benzene rings is 2. The molecular formula is C17H13ClN2O2S. The van der Waals surface area contributed by atoms with Crippen LogP contribution in [0.2, 0.25) is 5.02 Å². The van der Waals surface area contributed by atoms with Crippen LogP contribution in [0.1, 0.15) is 17.3 Å². The van der Waals surface area contributed by atoms with E-state index in [9.17, 15) is 4.79 Å². The standard InChI is InChI=1S/C17H13ClN2O2S/c1-11(15(21)12-7-9-14(18)10-8-12)23-17-20-19-16(22-17)13-5-3-2-4-6-13/h2-11H,1H3/t11-/m0/s1. The Morgan fingerprint density at radius 1 is 1.09 bits per heavy atom. The maximum atomic E-state index is 12.4. The number of rotatable bonds is 5. The van der Waals surface area contributed by atoms with Gasteiger partial charge in [0.15, 0.2) is 5.78 Å². The van der Waals surface area contributed by atoms with Gasteiger partial charge in [-0.1, -0.05) is 41.6 Å². The summed E-state index contributed by atoms with van der Waals surface area (Å²) in [4.78, 5) is 12.4. The Morgan fingerprint density at radius 3 is 2.48 bits per heavy atom. The van der Waals surface area contributed by atoms with Crippen LogP contribution < -0.4 is 0 Å². The second-order valence-electron chi connectivity index (χ2n) is 4.87. The van der Waals surface area contributed by atoms with Gasteiger partial charge in [0.25, 0.3) is 5.22 Å². The van der Waals surface area contributed by atoms with Crippen LogP contribution in [0.5, 0.6) is 0 Å². The van der Waals surface area contributed by atoms with Crippen molar-refractivity contribution in [2.75, 3.05) is 0 Å². The van der Waals surface area contributed by atoms with Crippen molar-refractivity contribution in [3.05, 3.63) is 65.2 Å². The Kier molecular flexibility index (Phi) is 4.79. The molecule has 1 atom stereocenters. The van der Waals surface area contributed by atoms with Gasteiger partial charge in [-0.25, -0.2) is 0 Å². The third-order valence-electron chi connectivity index (χ3n) is 3.20. The van der Waals surface area contributed by atoms with Gasteiger partial charge >= 0.3 is 0 Å². The van der Waals surface area contributed by atoms with E-state index in [4.69, 9.17) is 16.0 Å². The van der Waals surface area contributed by atoms with Gasteiger partial charge in [0.2, 0.25) is 5.89 Å². The third kappa shape index (κ3) is 3.81. The molecule has 0 aliphatic heterocycles. The highest BCUT2D eigenvalue weighted by Gasteiger charge is 2.20. The first-order chi connectivity index (χ1) is 11.1. The van der Waals surface area contributed by atoms with E-state index in [1.165, 1.54) is 11.8 Å². The van der Waals surface area contributed by atoms with Crippen molar-refractivity contribution < 1.29 is 9.21 Å². The quantitative estimate of drug-likeness (QED) is 0.493. The zero-order valence-electron chi connectivity index (χ0n) is 12.3. The van der Waals surface area contributed by atoms with Crippen LogP contribution in [0.4, 0.5) is 0 Å². The molecule has 0 radical (unpaired) electrons. The molecule has 1 heterocycles. The van der Waals surface area contributed by atoms with E-state index in [0.717, 1.165) is 5.56 Å². The lowest BCUT2D eigenvalue weighted by Gasteiger charge is -2.07. The molecule has 3 rings (SSSR count). The molecule has 0 saturated carbocycles.